The summed E-state index contributed by atoms with van der Waals surface area (Å²) in [5.74, 6) is 0. The van der Waals surface area contributed by atoms with Crippen molar-refractivity contribution >= 4 is 0 Å². The molecule has 2 aromatic rings. The molecular formula is C21H26O. The maximum Gasteiger partial charge on any atom is 0.0863 e. The Balaban J connectivity index is 2.08. The smallest absolute Gasteiger partial charge is 0.0863 e. The Bertz CT molecular complexity index is 576. The lowest BCUT2D eigenvalue weighted by Gasteiger charge is -2.21. The van der Waals surface area contributed by atoms with Crippen molar-refractivity contribution in [3.05, 3.63) is 83.9 Å². The summed E-state index contributed by atoms with van der Waals surface area (Å²) in [5.41, 5.74) is 3.93. The molecule has 0 bridgehead atoms. The number of ether oxygens (including phenoxy) is 1. The Morgan fingerprint density at radius 1 is 1.00 bits per heavy atom. The van der Waals surface area contributed by atoms with Gasteiger partial charge in [-0.2, -0.15) is 0 Å². The third-order valence-corrected chi connectivity index (χ3v) is 3.82. The van der Waals surface area contributed by atoms with E-state index in [0.717, 1.165) is 6.42 Å². The van der Waals surface area contributed by atoms with Gasteiger partial charge >= 0.3 is 0 Å². The first-order valence-electron chi connectivity index (χ1n) is 7.87. The van der Waals surface area contributed by atoms with Crippen LogP contribution in [0.15, 0.2) is 67.3 Å². The second-order valence-electron chi connectivity index (χ2n) is 6.68. The molecule has 0 aliphatic heterocycles. The second kappa shape index (κ2) is 7.42. The Kier molecular flexibility index (Phi) is 5.57. The molecular weight excluding hydrogens is 268 g/mol. The molecule has 0 saturated carbocycles. The predicted molar refractivity (Wildman–Crippen MR) is 93.9 cm³/mol. The average molecular weight is 294 g/mol. The van der Waals surface area contributed by atoms with Crippen LogP contribution >= 0.6 is 0 Å². The van der Waals surface area contributed by atoms with Crippen molar-refractivity contribution in [2.75, 3.05) is 0 Å². The number of rotatable bonds is 6. The maximum atomic E-state index is 6.11. The number of hydrogen-bond acceptors (Lipinski definition) is 1. The highest BCUT2D eigenvalue weighted by Crippen LogP contribution is 2.27. The topological polar surface area (TPSA) is 9.23 Å². The summed E-state index contributed by atoms with van der Waals surface area (Å²) in [7, 11) is 0. The SMILES string of the molecule is C=CCC(OCc1ccccc1)c1ccc(C(C)(C)C)cc1. The Morgan fingerprint density at radius 3 is 2.18 bits per heavy atom. The molecule has 0 N–H and O–H groups in total. The summed E-state index contributed by atoms with van der Waals surface area (Å²) in [6.07, 6.45) is 2.81. The third kappa shape index (κ3) is 4.57. The van der Waals surface area contributed by atoms with E-state index < -0.39 is 0 Å². The minimum atomic E-state index is 0.0618. The maximum absolute atomic E-state index is 6.11. The molecule has 0 aromatic heterocycles. The zero-order valence-electron chi connectivity index (χ0n) is 13.9. The van der Waals surface area contributed by atoms with Gasteiger partial charge in [0.2, 0.25) is 0 Å². The number of hydrogen-bond donors (Lipinski definition) is 0. The van der Waals surface area contributed by atoms with E-state index in [4.69, 9.17) is 4.74 Å². The summed E-state index contributed by atoms with van der Waals surface area (Å²) in [5, 5.41) is 0. The minimum Gasteiger partial charge on any atom is -0.369 e. The van der Waals surface area contributed by atoms with Crippen LogP contribution in [0.2, 0.25) is 0 Å². The van der Waals surface area contributed by atoms with Gasteiger partial charge in [-0.05, 0) is 28.5 Å². The highest BCUT2D eigenvalue weighted by atomic mass is 16.5. The minimum absolute atomic E-state index is 0.0618. The fraction of sp³-hybridized carbons (Fsp3) is 0.333. The molecule has 2 rings (SSSR count). The van der Waals surface area contributed by atoms with Crippen molar-refractivity contribution in [1.29, 1.82) is 0 Å². The molecule has 0 amide bonds. The van der Waals surface area contributed by atoms with Crippen molar-refractivity contribution < 1.29 is 4.74 Å². The van der Waals surface area contributed by atoms with E-state index in [1.165, 1.54) is 16.7 Å². The van der Waals surface area contributed by atoms with E-state index in [1.54, 1.807) is 0 Å². The molecule has 0 spiro atoms. The van der Waals surface area contributed by atoms with Gasteiger partial charge < -0.3 is 4.74 Å². The van der Waals surface area contributed by atoms with Gasteiger partial charge in [-0.15, -0.1) is 6.58 Å². The highest BCUT2D eigenvalue weighted by Gasteiger charge is 2.15. The van der Waals surface area contributed by atoms with Crippen LogP contribution in [0.4, 0.5) is 0 Å². The molecule has 1 atom stereocenters. The van der Waals surface area contributed by atoms with E-state index in [1.807, 2.05) is 24.3 Å². The molecule has 0 fully saturated rings. The van der Waals surface area contributed by atoms with Gasteiger partial charge in [0.25, 0.3) is 0 Å². The van der Waals surface area contributed by atoms with Crippen molar-refractivity contribution in [1.82, 2.24) is 0 Å². The first-order valence-corrected chi connectivity index (χ1v) is 7.87. The average Bonchev–Trinajstić information content (AvgIpc) is 2.52. The van der Waals surface area contributed by atoms with Crippen LogP contribution in [-0.4, -0.2) is 0 Å². The van der Waals surface area contributed by atoms with Gasteiger partial charge in [0.05, 0.1) is 12.7 Å². The van der Waals surface area contributed by atoms with Crippen LogP contribution < -0.4 is 0 Å². The summed E-state index contributed by atoms with van der Waals surface area (Å²) in [6, 6.07) is 19.1. The monoisotopic (exact) mass is 294 g/mol. The first-order chi connectivity index (χ1) is 10.5. The Morgan fingerprint density at radius 2 is 1.64 bits per heavy atom. The van der Waals surface area contributed by atoms with E-state index in [-0.39, 0.29) is 11.5 Å². The zero-order valence-corrected chi connectivity index (χ0v) is 13.9. The third-order valence-electron chi connectivity index (χ3n) is 3.82. The van der Waals surface area contributed by atoms with Gasteiger partial charge in [-0.25, -0.2) is 0 Å². The molecule has 22 heavy (non-hydrogen) atoms. The molecule has 0 heterocycles. The van der Waals surface area contributed by atoms with Gasteiger partial charge in [-0.3, -0.25) is 0 Å². The van der Waals surface area contributed by atoms with Crippen LogP contribution in [0, 0.1) is 0 Å². The summed E-state index contributed by atoms with van der Waals surface area (Å²) < 4.78 is 6.11. The predicted octanol–water partition coefficient (Wildman–Crippen LogP) is 5.82. The number of benzene rings is 2. The molecule has 1 nitrogen and oxygen atoms in total. The van der Waals surface area contributed by atoms with Crippen LogP contribution in [0.1, 0.15) is 50.0 Å². The highest BCUT2D eigenvalue weighted by molar-refractivity contribution is 5.29. The molecule has 1 unspecified atom stereocenters. The quantitative estimate of drug-likeness (QED) is 0.610. The molecule has 116 valence electrons. The fourth-order valence-electron chi connectivity index (χ4n) is 2.42. The summed E-state index contributed by atoms with van der Waals surface area (Å²) in [6.45, 7) is 11.2. The van der Waals surface area contributed by atoms with Crippen molar-refractivity contribution in [3.63, 3.8) is 0 Å². The molecule has 0 saturated heterocycles. The molecule has 2 aromatic carbocycles. The molecule has 0 radical (unpaired) electrons. The van der Waals surface area contributed by atoms with E-state index in [0.29, 0.717) is 6.61 Å². The lowest BCUT2D eigenvalue weighted by atomic mass is 9.86. The Labute approximate surface area is 134 Å². The standard InChI is InChI=1S/C21H26O/c1-5-9-20(22-16-17-10-7-6-8-11-17)18-12-14-19(15-13-18)21(2,3)4/h5-8,10-15,20H,1,9,16H2,2-4H3. The van der Waals surface area contributed by atoms with E-state index in [9.17, 15) is 0 Å². The van der Waals surface area contributed by atoms with Crippen molar-refractivity contribution in [3.8, 4) is 0 Å². The normalized spacial score (nSPS) is 12.9. The van der Waals surface area contributed by atoms with Gasteiger partial charge in [0, 0.05) is 0 Å². The van der Waals surface area contributed by atoms with Gasteiger partial charge in [0.15, 0.2) is 0 Å². The lowest BCUT2D eigenvalue weighted by Crippen LogP contribution is -2.11. The van der Waals surface area contributed by atoms with E-state index in [2.05, 4.69) is 63.7 Å². The summed E-state index contributed by atoms with van der Waals surface area (Å²) >= 11 is 0. The van der Waals surface area contributed by atoms with Crippen LogP contribution in [-0.2, 0) is 16.8 Å². The first kappa shape index (κ1) is 16.5. The van der Waals surface area contributed by atoms with Crippen molar-refractivity contribution in [2.45, 2.75) is 45.3 Å². The van der Waals surface area contributed by atoms with Crippen molar-refractivity contribution in [2.24, 2.45) is 0 Å². The molecule has 0 aliphatic rings. The molecule has 1 heteroatoms. The van der Waals surface area contributed by atoms with Crippen LogP contribution in [0.3, 0.4) is 0 Å². The zero-order chi connectivity index (χ0) is 16.0. The second-order valence-corrected chi connectivity index (χ2v) is 6.68. The Hall–Kier alpha value is -1.86. The van der Waals surface area contributed by atoms with Crippen LogP contribution in [0.5, 0.6) is 0 Å². The fourth-order valence-corrected chi connectivity index (χ4v) is 2.42. The molecule has 0 aliphatic carbocycles. The summed E-state index contributed by atoms with van der Waals surface area (Å²) in [4.78, 5) is 0. The van der Waals surface area contributed by atoms with Crippen LogP contribution in [0.25, 0.3) is 0 Å². The lowest BCUT2D eigenvalue weighted by molar-refractivity contribution is 0.0417. The van der Waals surface area contributed by atoms with E-state index >= 15 is 0 Å². The largest absolute Gasteiger partial charge is 0.369 e. The van der Waals surface area contributed by atoms with Gasteiger partial charge in [-0.1, -0.05) is 81.4 Å². The van der Waals surface area contributed by atoms with Gasteiger partial charge in [0.1, 0.15) is 0 Å².